The molecular formula is C17H22N2O. The molecule has 1 fully saturated rings. The molecule has 0 unspecified atom stereocenters. The number of benzene rings is 1. The summed E-state index contributed by atoms with van der Waals surface area (Å²) in [6.45, 7) is 4.76. The van der Waals surface area contributed by atoms with Crippen LogP contribution in [0.3, 0.4) is 0 Å². The van der Waals surface area contributed by atoms with E-state index in [1.54, 1.807) is 6.92 Å². The highest BCUT2D eigenvalue weighted by molar-refractivity contribution is 5.80. The lowest BCUT2D eigenvalue weighted by Gasteiger charge is -2.27. The summed E-state index contributed by atoms with van der Waals surface area (Å²) in [4.78, 5) is 11.5. The second kappa shape index (κ2) is 5.39. The highest BCUT2D eigenvalue weighted by atomic mass is 16.1. The van der Waals surface area contributed by atoms with Crippen molar-refractivity contribution in [1.29, 1.82) is 0 Å². The topological polar surface area (TPSA) is 34.9 Å². The van der Waals surface area contributed by atoms with Crippen LogP contribution in [0.25, 0.3) is 10.9 Å². The third-order valence-corrected chi connectivity index (χ3v) is 4.74. The number of fused-ring (bicyclic) bond motifs is 1. The average Bonchev–Trinajstić information content (AvgIpc) is 2.89. The first-order valence-electron chi connectivity index (χ1n) is 7.65. The minimum absolute atomic E-state index is 0.302. The second-order valence-electron chi connectivity index (χ2n) is 5.94. The Balaban J connectivity index is 1.82. The van der Waals surface area contributed by atoms with E-state index in [2.05, 4.69) is 34.9 Å². The van der Waals surface area contributed by atoms with E-state index >= 15 is 0 Å². The Morgan fingerprint density at radius 2 is 2.05 bits per heavy atom. The van der Waals surface area contributed by atoms with Gasteiger partial charge in [-0.1, -0.05) is 12.1 Å². The lowest BCUT2D eigenvalue weighted by molar-refractivity contribution is -0.121. The number of Topliss-reactive ketones (excluding diaryl/α,β-unsaturated/α-hetero) is 1. The van der Waals surface area contributed by atoms with Crippen molar-refractivity contribution in [3.8, 4) is 0 Å². The molecule has 0 radical (unpaired) electrons. The number of hydrogen-bond acceptors (Lipinski definition) is 2. The van der Waals surface area contributed by atoms with Crippen molar-refractivity contribution in [2.45, 2.75) is 52.0 Å². The Morgan fingerprint density at radius 3 is 2.70 bits per heavy atom. The van der Waals surface area contributed by atoms with Crippen LogP contribution < -0.4 is 0 Å². The van der Waals surface area contributed by atoms with Crippen molar-refractivity contribution >= 4 is 16.7 Å². The lowest BCUT2D eigenvalue weighted by atomic mass is 9.77. The number of nitrogens with zero attached hydrogens (tertiary/aromatic N) is 2. The highest BCUT2D eigenvalue weighted by Crippen LogP contribution is 2.36. The van der Waals surface area contributed by atoms with Gasteiger partial charge >= 0.3 is 0 Å². The average molecular weight is 270 g/mol. The predicted octanol–water partition coefficient (Wildman–Crippen LogP) is 3.92. The zero-order valence-electron chi connectivity index (χ0n) is 12.3. The largest absolute Gasteiger partial charge is 0.300 e. The van der Waals surface area contributed by atoms with Crippen LogP contribution in [0.1, 0.15) is 51.0 Å². The summed E-state index contributed by atoms with van der Waals surface area (Å²) >= 11 is 0. The first-order valence-corrected chi connectivity index (χ1v) is 7.65. The second-order valence-corrected chi connectivity index (χ2v) is 5.94. The van der Waals surface area contributed by atoms with Crippen LogP contribution >= 0.6 is 0 Å². The minimum atomic E-state index is 0.302. The van der Waals surface area contributed by atoms with Gasteiger partial charge in [0.05, 0.1) is 11.7 Å². The molecule has 106 valence electrons. The molecule has 1 aliphatic rings. The molecule has 1 heterocycles. The van der Waals surface area contributed by atoms with Crippen molar-refractivity contribution in [2.75, 3.05) is 0 Å². The molecule has 1 aliphatic carbocycles. The van der Waals surface area contributed by atoms with Crippen LogP contribution in [-0.4, -0.2) is 15.6 Å². The van der Waals surface area contributed by atoms with Gasteiger partial charge in [0.15, 0.2) is 0 Å². The Morgan fingerprint density at radius 1 is 1.30 bits per heavy atom. The Kier molecular flexibility index (Phi) is 3.60. The van der Waals surface area contributed by atoms with Gasteiger partial charge in [-0.2, -0.15) is 5.10 Å². The van der Waals surface area contributed by atoms with E-state index in [1.165, 1.54) is 16.5 Å². The zero-order chi connectivity index (χ0) is 14.1. The third-order valence-electron chi connectivity index (χ3n) is 4.74. The molecule has 2 aromatic rings. The maximum atomic E-state index is 11.5. The number of hydrogen-bond donors (Lipinski definition) is 0. The minimum Gasteiger partial charge on any atom is -0.300 e. The summed E-state index contributed by atoms with van der Waals surface area (Å²) in [5.74, 6) is 1.27. The van der Waals surface area contributed by atoms with Crippen LogP contribution in [0.5, 0.6) is 0 Å². The Bertz CT molecular complexity index is 621. The fourth-order valence-corrected chi connectivity index (χ4v) is 3.43. The van der Waals surface area contributed by atoms with Gasteiger partial charge in [0.25, 0.3) is 0 Å². The number of aromatic nitrogens is 2. The van der Waals surface area contributed by atoms with E-state index in [0.717, 1.165) is 32.2 Å². The Hall–Kier alpha value is -1.64. The van der Waals surface area contributed by atoms with Crippen molar-refractivity contribution in [3.05, 3.63) is 30.0 Å². The van der Waals surface area contributed by atoms with Gasteiger partial charge in [-0.25, -0.2) is 0 Å². The molecule has 0 aliphatic heterocycles. The molecule has 0 spiro atoms. The number of ketones is 1. The van der Waals surface area contributed by atoms with Gasteiger partial charge < -0.3 is 0 Å². The fraction of sp³-hybridized carbons (Fsp3) is 0.529. The molecule has 1 saturated carbocycles. The van der Waals surface area contributed by atoms with Crippen LogP contribution in [-0.2, 0) is 11.3 Å². The van der Waals surface area contributed by atoms with E-state index in [9.17, 15) is 4.79 Å². The summed E-state index contributed by atoms with van der Waals surface area (Å²) in [7, 11) is 0. The number of carbonyl (C=O) groups excluding carboxylic acids is 1. The maximum Gasteiger partial charge on any atom is 0.132 e. The number of aryl methyl sites for hydroxylation is 1. The van der Waals surface area contributed by atoms with Crippen molar-refractivity contribution in [2.24, 2.45) is 5.92 Å². The lowest BCUT2D eigenvalue weighted by Crippen LogP contribution is -2.18. The first-order chi connectivity index (χ1) is 9.69. The van der Waals surface area contributed by atoms with Crippen LogP contribution in [0.2, 0.25) is 0 Å². The SMILES string of the molecule is CCn1ncc2ccc(C3CCC(C(C)=O)CC3)cc21. The molecule has 0 N–H and O–H groups in total. The van der Waals surface area contributed by atoms with Crippen LogP contribution in [0, 0.1) is 5.92 Å². The molecule has 3 rings (SSSR count). The maximum absolute atomic E-state index is 11.5. The van der Waals surface area contributed by atoms with Crippen molar-refractivity contribution in [3.63, 3.8) is 0 Å². The smallest absolute Gasteiger partial charge is 0.132 e. The summed E-state index contributed by atoms with van der Waals surface area (Å²) in [5.41, 5.74) is 2.65. The van der Waals surface area contributed by atoms with Crippen LogP contribution in [0.4, 0.5) is 0 Å². The van der Waals surface area contributed by atoms with E-state index in [4.69, 9.17) is 0 Å². The van der Waals surface area contributed by atoms with Gasteiger partial charge in [0.2, 0.25) is 0 Å². The molecule has 1 aromatic carbocycles. The monoisotopic (exact) mass is 270 g/mol. The predicted molar refractivity (Wildman–Crippen MR) is 80.8 cm³/mol. The summed E-state index contributed by atoms with van der Waals surface area (Å²) < 4.78 is 2.06. The molecular weight excluding hydrogens is 248 g/mol. The highest BCUT2D eigenvalue weighted by Gasteiger charge is 2.25. The van der Waals surface area contributed by atoms with Gasteiger partial charge in [0, 0.05) is 17.8 Å². The summed E-state index contributed by atoms with van der Waals surface area (Å²) in [6, 6.07) is 6.72. The van der Waals surface area contributed by atoms with Gasteiger partial charge in [-0.15, -0.1) is 0 Å². The molecule has 3 nitrogen and oxygen atoms in total. The molecule has 1 aromatic heterocycles. The number of carbonyl (C=O) groups is 1. The van der Waals surface area contributed by atoms with Gasteiger partial charge in [-0.05, 0) is 57.1 Å². The third kappa shape index (κ3) is 2.37. The summed E-state index contributed by atoms with van der Waals surface area (Å²) in [6.07, 6.45) is 6.30. The molecule has 3 heteroatoms. The van der Waals surface area contributed by atoms with E-state index in [-0.39, 0.29) is 0 Å². The summed E-state index contributed by atoms with van der Waals surface area (Å²) in [5, 5.41) is 5.62. The van der Waals surface area contributed by atoms with Crippen molar-refractivity contribution in [1.82, 2.24) is 9.78 Å². The molecule has 20 heavy (non-hydrogen) atoms. The quantitative estimate of drug-likeness (QED) is 0.847. The van der Waals surface area contributed by atoms with E-state index < -0.39 is 0 Å². The molecule has 0 saturated heterocycles. The van der Waals surface area contributed by atoms with E-state index in [1.807, 2.05) is 6.20 Å². The fourth-order valence-electron chi connectivity index (χ4n) is 3.43. The Labute approximate surface area is 120 Å². The normalized spacial score (nSPS) is 23.1. The van der Waals surface area contributed by atoms with Crippen LogP contribution in [0.15, 0.2) is 24.4 Å². The van der Waals surface area contributed by atoms with Crippen molar-refractivity contribution < 1.29 is 4.79 Å². The standard InChI is InChI=1S/C17H22N2O/c1-3-19-17-10-15(8-9-16(17)11-18-19)14-6-4-13(5-7-14)12(2)20/h8-11,13-14H,3-7H2,1-2H3. The van der Waals surface area contributed by atoms with E-state index in [0.29, 0.717) is 17.6 Å². The molecule has 0 amide bonds. The van der Waals surface area contributed by atoms with Gasteiger partial charge in [0.1, 0.15) is 5.78 Å². The molecule has 0 bridgehead atoms. The first kappa shape index (κ1) is 13.3. The molecule has 0 atom stereocenters. The van der Waals surface area contributed by atoms with Gasteiger partial charge in [-0.3, -0.25) is 9.48 Å². The zero-order valence-corrected chi connectivity index (χ0v) is 12.3. The number of rotatable bonds is 3.